The van der Waals surface area contributed by atoms with Crippen LogP contribution in [0.5, 0.6) is 0 Å². The highest BCUT2D eigenvalue weighted by Crippen LogP contribution is 2.20. The average molecular weight is 327 g/mol. The van der Waals surface area contributed by atoms with Crippen LogP contribution in [0.2, 0.25) is 0 Å². The summed E-state index contributed by atoms with van der Waals surface area (Å²) in [7, 11) is 0. The Balaban J connectivity index is 1.96. The third-order valence-corrected chi connectivity index (χ3v) is 4.12. The molecule has 1 atom stereocenters. The minimum Gasteiger partial charge on any atom is -0.370 e. The first kappa shape index (κ1) is 18.0. The number of rotatable bonds is 7. The van der Waals surface area contributed by atoms with E-state index in [1.807, 2.05) is 24.5 Å². The number of nitrogens with zero attached hydrogens (tertiary/aromatic N) is 3. The fourth-order valence-electron chi connectivity index (χ4n) is 2.53. The molecular formula is C19H29N5. The summed E-state index contributed by atoms with van der Waals surface area (Å²) in [5.41, 5.74) is 8.29. The fourth-order valence-corrected chi connectivity index (χ4v) is 2.53. The second-order valence-electron chi connectivity index (χ2n) is 6.65. The Kier molecular flexibility index (Phi) is 6.41. The Labute approximate surface area is 145 Å². The number of imidazole rings is 1. The summed E-state index contributed by atoms with van der Waals surface area (Å²) in [5.74, 6) is 2.48. The average Bonchev–Trinajstić information content (AvgIpc) is 2.99. The van der Waals surface area contributed by atoms with Crippen LogP contribution in [0.25, 0.3) is 0 Å². The van der Waals surface area contributed by atoms with Crippen molar-refractivity contribution in [2.75, 3.05) is 5.32 Å². The zero-order valence-corrected chi connectivity index (χ0v) is 15.2. The van der Waals surface area contributed by atoms with E-state index < -0.39 is 0 Å². The molecule has 0 amide bonds. The van der Waals surface area contributed by atoms with Gasteiger partial charge in [-0.1, -0.05) is 39.8 Å². The van der Waals surface area contributed by atoms with Crippen molar-refractivity contribution in [1.29, 1.82) is 0 Å². The van der Waals surface area contributed by atoms with E-state index in [0.29, 0.717) is 24.3 Å². The number of nitrogens with one attached hydrogen (secondary N) is 1. The summed E-state index contributed by atoms with van der Waals surface area (Å²) in [6, 6.07) is 8.37. The summed E-state index contributed by atoms with van der Waals surface area (Å²) in [6.45, 7) is 10.2. The molecule has 5 nitrogen and oxygen atoms in total. The van der Waals surface area contributed by atoms with Crippen LogP contribution in [-0.4, -0.2) is 15.5 Å². The normalized spacial score (nSPS) is 13.3. The van der Waals surface area contributed by atoms with Gasteiger partial charge in [0.25, 0.3) is 0 Å². The van der Waals surface area contributed by atoms with Crippen LogP contribution in [0.15, 0.2) is 41.7 Å². The van der Waals surface area contributed by atoms with Crippen molar-refractivity contribution < 1.29 is 0 Å². The predicted molar refractivity (Wildman–Crippen MR) is 101 cm³/mol. The number of hydrogen-bond donors (Lipinski definition) is 2. The van der Waals surface area contributed by atoms with Crippen molar-refractivity contribution in [3.05, 3.63) is 48.0 Å². The molecule has 1 aromatic carbocycles. The van der Waals surface area contributed by atoms with Gasteiger partial charge in [0.15, 0.2) is 5.96 Å². The summed E-state index contributed by atoms with van der Waals surface area (Å²) >= 11 is 0. The molecule has 0 saturated heterocycles. The van der Waals surface area contributed by atoms with Crippen molar-refractivity contribution in [2.24, 2.45) is 16.6 Å². The molecular weight excluding hydrogens is 298 g/mol. The Morgan fingerprint density at radius 2 is 1.96 bits per heavy atom. The topological polar surface area (TPSA) is 68.2 Å². The van der Waals surface area contributed by atoms with E-state index in [1.165, 1.54) is 5.56 Å². The molecule has 0 fully saturated rings. The Hall–Kier alpha value is -2.30. The lowest BCUT2D eigenvalue weighted by atomic mass is 9.99. The molecule has 5 heteroatoms. The molecule has 3 N–H and O–H groups in total. The van der Waals surface area contributed by atoms with E-state index in [4.69, 9.17) is 5.73 Å². The molecule has 2 aromatic rings. The van der Waals surface area contributed by atoms with Crippen molar-refractivity contribution in [3.63, 3.8) is 0 Å². The first-order chi connectivity index (χ1) is 11.5. The summed E-state index contributed by atoms with van der Waals surface area (Å²) in [4.78, 5) is 8.76. The van der Waals surface area contributed by atoms with E-state index in [-0.39, 0.29) is 0 Å². The van der Waals surface area contributed by atoms with Crippen LogP contribution >= 0.6 is 0 Å². The van der Waals surface area contributed by atoms with Crippen LogP contribution in [0.3, 0.4) is 0 Å². The standard InChI is InChI=1S/C19H29N5/c1-5-15(4)16-6-8-17(9-7-16)23-19(20)22-12-18-21-10-11-24(18)13-14(2)3/h6-11,14-15H,5,12-13H2,1-4H3,(H3,20,22,23). The minimum absolute atomic E-state index is 0.408. The van der Waals surface area contributed by atoms with Crippen LogP contribution in [0, 0.1) is 5.92 Å². The number of benzene rings is 1. The highest BCUT2D eigenvalue weighted by atomic mass is 15.1. The highest BCUT2D eigenvalue weighted by Gasteiger charge is 2.05. The van der Waals surface area contributed by atoms with Crippen molar-refractivity contribution in [1.82, 2.24) is 9.55 Å². The molecule has 130 valence electrons. The number of hydrogen-bond acceptors (Lipinski definition) is 2. The zero-order chi connectivity index (χ0) is 17.5. The number of guanidine groups is 1. The van der Waals surface area contributed by atoms with Gasteiger partial charge in [-0.15, -0.1) is 0 Å². The van der Waals surface area contributed by atoms with Crippen molar-refractivity contribution in [2.45, 2.75) is 53.1 Å². The van der Waals surface area contributed by atoms with E-state index in [9.17, 15) is 0 Å². The maximum absolute atomic E-state index is 6.00. The molecule has 0 aliphatic carbocycles. The molecule has 24 heavy (non-hydrogen) atoms. The lowest BCUT2D eigenvalue weighted by Gasteiger charge is -2.11. The third-order valence-electron chi connectivity index (χ3n) is 4.12. The lowest BCUT2D eigenvalue weighted by Crippen LogP contribution is -2.23. The van der Waals surface area contributed by atoms with E-state index >= 15 is 0 Å². The zero-order valence-electron chi connectivity index (χ0n) is 15.2. The Morgan fingerprint density at radius 3 is 2.58 bits per heavy atom. The van der Waals surface area contributed by atoms with Gasteiger partial charge in [0.2, 0.25) is 0 Å². The van der Waals surface area contributed by atoms with Gasteiger partial charge in [0.05, 0.1) is 0 Å². The molecule has 1 unspecified atom stereocenters. The van der Waals surface area contributed by atoms with Gasteiger partial charge in [0, 0.05) is 24.6 Å². The molecule has 0 saturated carbocycles. The monoisotopic (exact) mass is 327 g/mol. The second kappa shape index (κ2) is 8.52. The number of aromatic nitrogens is 2. The number of aliphatic imine (C=N–C) groups is 1. The molecule has 0 bridgehead atoms. The van der Waals surface area contributed by atoms with Gasteiger partial charge >= 0.3 is 0 Å². The highest BCUT2D eigenvalue weighted by molar-refractivity contribution is 5.92. The van der Waals surface area contributed by atoms with Crippen LogP contribution in [0.4, 0.5) is 5.69 Å². The van der Waals surface area contributed by atoms with E-state index in [0.717, 1.165) is 24.5 Å². The van der Waals surface area contributed by atoms with E-state index in [1.54, 1.807) is 0 Å². The van der Waals surface area contributed by atoms with Crippen molar-refractivity contribution >= 4 is 11.6 Å². The van der Waals surface area contributed by atoms with Gasteiger partial charge in [-0.05, 0) is 36.0 Å². The Bertz CT molecular complexity index is 655. The van der Waals surface area contributed by atoms with Gasteiger partial charge < -0.3 is 15.6 Å². The van der Waals surface area contributed by atoms with Crippen LogP contribution in [0.1, 0.15) is 51.4 Å². The molecule has 0 aliphatic heterocycles. The van der Waals surface area contributed by atoms with Gasteiger partial charge in [-0.3, -0.25) is 0 Å². The van der Waals surface area contributed by atoms with Crippen molar-refractivity contribution in [3.8, 4) is 0 Å². The SMILES string of the molecule is CCC(C)c1ccc(NC(N)=NCc2nccn2CC(C)C)cc1. The van der Waals surface area contributed by atoms with Gasteiger partial charge in [0.1, 0.15) is 12.4 Å². The quantitative estimate of drug-likeness (QED) is 0.597. The maximum Gasteiger partial charge on any atom is 0.193 e. The summed E-state index contributed by atoms with van der Waals surface area (Å²) in [6.07, 6.45) is 4.94. The molecule has 0 aliphatic rings. The predicted octanol–water partition coefficient (Wildman–Crippen LogP) is 3.98. The summed E-state index contributed by atoms with van der Waals surface area (Å²) in [5, 5.41) is 3.14. The maximum atomic E-state index is 6.00. The molecule has 0 radical (unpaired) electrons. The summed E-state index contributed by atoms with van der Waals surface area (Å²) < 4.78 is 2.13. The largest absolute Gasteiger partial charge is 0.370 e. The van der Waals surface area contributed by atoms with Crippen LogP contribution in [-0.2, 0) is 13.1 Å². The third kappa shape index (κ3) is 5.11. The van der Waals surface area contributed by atoms with Gasteiger partial charge in [-0.2, -0.15) is 0 Å². The fraction of sp³-hybridized carbons (Fsp3) is 0.474. The van der Waals surface area contributed by atoms with Crippen LogP contribution < -0.4 is 11.1 Å². The number of anilines is 1. The first-order valence-electron chi connectivity index (χ1n) is 8.66. The molecule has 1 aromatic heterocycles. The second-order valence-corrected chi connectivity index (χ2v) is 6.65. The first-order valence-corrected chi connectivity index (χ1v) is 8.66. The van der Waals surface area contributed by atoms with E-state index in [2.05, 4.69) is 59.7 Å². The number of nitrogens with two attached hydrogens (primary N) is 1. The van der Waals surface area contributed by atoms with Gasteiger partial charge in [-0.25, -0.2) is 9.98 Å². The molecule has 0 spiro atoms. The molecule has 1 heterocycles. The smallest absolute Gasteiger partial charge is 0.193 e. The lowest BCUT2D eigenvalue weighted by molar-refractivity contribution is 0.507. The Morgan fingerprint density at radius 1 is 1.25 bits per heavy atom. The molecule has 2 rings (SSSR count). The minimum atomic E-state index is 0.408.